The van der Waals surface area contributed by atoms with Gasteiger partial charge >= 0.3 is 0 Å². The summed E-state index contributed by atoms with van der Waals surface area (Å²) in [5.41, 5.74) is 3.66. The molecule has 2 aromatic carbocycles. The minimum atomic E-state index is -0.433. The van der Waals surface area contributed by atoms with Crippen molar-refractivity contribution >= 4 is 23.7 Å². The van der Waals surface area contributed by atoms with E-state index in [0.29, 0.717) is 23.2 Å². The minimum Gasteiger partial charge on any atom is -0.508 e. The number of hydrogen-bond donors (Lipinski definition) is 4. The standard InChI is InChI=1S/C17H17N3O4/c1-2-16(23)19-13-6-3-11(4-7-13)17(24)20-18-10-12-5-8-14(21)9-15(12)22/h3-10,21-22H,2H2,1H3,(H,19,23)(H,20,24)/b18-10+. The number of phenols is 2. The third kappa shape index (κ3) is 4.57. The molecule has 2 rings (SSSR count). The van der Waals surface area contributed by atoms with Crippen molar-refractivity contribution in [3.05, 3.63) is 53.6 Å². The monoisotopic (exact) mass is 327 g/mol. The molecule has 0 saturated heterocycles. The van der Waals surface area contributed by atoms with E-state index >= 15 is 0 Å². The fourth-order valence-corrected chi connectivity index (χ4v) is 1.82. The zero-order valence-corrected chi connectivity index (χ0v) is 13.0. The summed E-state index contributed by atoms with van der Waals surface area (Å²) >= 11 is 0. The van der Waals surface area contributed by atoms with E-state index in [2.05, 4.69) is 15.8 Å². The molecule has 0 atom stereocenters. The van der Waals surface area contributed by atoms with Gasteiger partial charge in [0, 0.05) is 29.3 Å². The molecule has 0 aliphatic carbocycles. The number of hydrazone groups is 1. The Hall–Kier alpha value is -3.35. The van der Waals surface area contributed by atoms with E-state index < -0.39 is 5.91 Å². The first-order valence-electron chi connectivity index (χ1n) is 7.25. The Morgan fingerprint density at radius 2 is 1.83 bits per heavy atom. The molecule has 0 fully saturated rings. The van der Waals surface area contributed by atoms with Crippen molar-refractivity contribution in [2.75, 3.05) is 5.32 Å². The number of nitrogens with zero attached hydrogens (tertiary/aromatic N) is 1. The number of carbonyl (C=O) groups is 2. The number of phenolic OH excluding ortho intramolecular Hbond substituents is 2. The highest BCUT2D eigenvalue weighted by molar-refractivity contribution is 5.96. The van der Waals surface area contributed by atoms with Crippen LogP contribution >= 0.6 is 0 Å². The van der Waals surface area contributed by atoms with Gasteiger partial charge in [-0.1, -0.05) is 6.92 Å². The molecule has 0 spiro atoms. The molecule has 0 heterocycles. The van der Waals surface area contributed by atoms with E-state index in [-0.39, 0.29) is 17.4 Å². The highest BCUT2D eigenvalue weighted by atomic mass is 16.3. The molecular weight excluding hydrogens is 310 g/mol. The van der Waals surface area contributed by atoms with E-state index in [1.54, 1.807) is 31.2 Å². The van der Waals surface area contributed by atoms with Gasteiger partial charge in [-0.25, -0.2) is 5.43 Å². The number of aromatic hydroxyl groups is 2. The van der Waals surface area contributed by atoms with Crippen LogP contribution in [0.15, 0.2) is 47.6 Å². The third-order valence-electron chi connectivity index (χ3n) is 3.14. The second-order valence-corrected chi connectivity index (χ2v) is 4.92. The topological polar surface area (TPSA) is 111 Å². The Balaban J connectivity index is 1.97. The molecule has 7 nitrogen and oxygen atoms in total. The lowest BCUT2D eigenvalue weighted by molar-refractivity contribution is -0.115. The molecule has 0 aliphatic heterocycles. The highest BCUT2D eigenvalue weighted by Gasteiger charge is 2.05. The van der Waals surface area contributed by atoms with Crippen LogP contribution in [0.25, 0.3) is 0 Å². The van der Waals surface area contributed by atoms with Crippen LogP contribution in [0.3, 0.4) is 0 Å². The van der Waals surface area contributed by atoms with Crippen molar-refractivity contribution < 1.29 is 19.8 Å². The third-order valence-corrected chi connectivity index (χ3v) is 3.14. The summed E-state index contributed by atoms with van der Waals surface area (Å²) < 4.78 is 0. The Morgan fingerprint density at radius 1 is 1.12 bits per heavy atom. The van der Waals surface area contributed by atoms with Gasteiger partial charge in [-0.05, 0) is 36.4 Å². The largest absolute Gasteiger partial charge is 0.508 e. The van der Waals surface area contributed by atoms with Crippen molar-refractivity contribution in [2.45, 2.75) is 13.3 Å². The number of anilines is 1. The Bertz CT molecular complexity index is 770. The Morgan fingerprint density at radius 3 is 2.46 bits per heavy atom. The maximum absolute atomic E-state index is 11.9. The molecule has 0 bridgehead atoms. The molecular formula is C17H17N3O4. The summed E-state index contributed by atoms with van der Waals surface area (Å²) in [4.78, 5) is 23.2. The summed E-state index contributed by atoms with van der Waals surface area (Å²) in [5.74, 6) is -0.753. The number of rotatable bonds is 5. The molecule has 0 unspecified atom stereocenters. The number of benzene rings is 2. The van der Waals surface area contributed by atoms with Gasteiger partial charge in [-0.3, -0.25) is 9.59 Å². The molecule has 2 aromatic rings. The number of amides is 2. The predicted octanol–water partition coefficient (Wildman–Crippen LogP) is 2.21. The fraction of sp³-hybridized carbons (Fsp3) is 0.118. The van der Waals surface area contributed by atoms with Crippen LogP contribution in [0.1, 0.15) is 29.3 Å². The minimum absolute atomic E-state index is 0.0658. The lowest BCUT2D eigenvalue weighted by Crippen LogP contribution is -2.17. The van der Waals surface area contributed by atoms with E-state index in [4.69, 9.17) is 0 Å². The van der Waals surface area contributed by atoms with Gasteiger partial charge < -0.3 is 15.5 Å². The predicted molar refractivity (Wildman–Crippen MR) is 90.2 cm³/mol. The summed E-state index contributed by atoms with van der Waals surface area (Å²) in [6.45, 7) is 1.75. The first-order chi connectivity index (χ1) is 11.5. The average molecular weight is 327 g/mol. The van der Waals surface area contributed by atoms with Crippen LogP contribution < -0.4 is 10.7 Å². The molecule has 24 heavy (non-hydrogen) atoms. The SMILES string of the molecule is CCC(=O)Nc1ccc(C(=O)N/N=C/c2ccc(O)cc2O)cc1. The van der Waals surface area contributed by atoms with Crippen molar-refractivity contribution in [1.82, 2.24) is 5.43 Å². The fourth-order valence-electron chi connectivity index (χ4n) is 1.82. The van der Waals surface area contributed by atoms with Crippen LogP contribution in [0.5, 0.6) is 11.5 Å². The Labute approximate surface area is 138 Å². The van der Waals surface area contributed by atoms with E-state index in [1.165, 1.54) is 24.4 Å². The lowest BCUT2D eigenvalue weighted by Gasteiger charge is -2.05. The van der Waals surface area contributed by atoms with E-state index in [0.717, 1.165) is 0 Å². The maximum atomic E-state index is 11.9. The van der Waals surface area contributed by atoms with Gasteiger partial charge in [0.1, 0.15) is 11.5 Å². The Kier molecular flexibility index (Phi) is 5.51. The van der Waals surface area contributed by atoms with E-state index in [9.17, 15) is 19.8 Å². The van der Waals surface area contributed by atoms with Crippen molar-refractivity contribution in [3.8, 4) is 11.5 Å². The van der Waals surface area contributed by atoms with Gasteiger partial charge in [-0.2, -0.15) is 5.10 Å². The van der Waals surface area contributed by atoms with Crippen LogP contribution in [-0.4, -0.2) is 28.2 Å². The van der Waals surface area contributed by atoms with E-state index in [1.807, 2.05) is 0 Å². The summed E-state index contributed by atoms with van der Waals surface area (Å²) in [7, 11) is 0. The number of hydrogen-bond acceptors (Lipinski definition) is 5. The molecule has 124 valence electrons. The zero-order valence-electron chi connectivity index (χ0n) is 13.0. The van der Waals surface area contributed by atoms with Gasteiger partial charge in [0.05, 0.1) is 6.21 Å². The van der Waals surface area contributed by atoms with Gasteiger partial charge in [0.25, 0.3) is 5.91 Å². The number of carbonyl (C=O) groups excluding carboxylic acids is 2. The molecule has 2 amide bonds. The van der Waals surface area contributed by atoms with Crippen molar-refractivity contribution in [2.24, 2.45) is 5.10 Å². The maximum Gasteiger partial charge on any atom is 0.271 e. The van der Waals surface area contributed by atoms with Crippen LogP contribution in [0, 0.1) is 0 Å². The lowest BCUT2D eigenvalue weighted by atomic mass is 10.2. The molecule has 4 N–H and O–H groups in total. The van der Waals surface area contributed by atoms with Crippen LogP contribution in [-0.2, 0) is 4.79 Å². The van der Waals surface area contributed by atoms with Gasteiger partial charge in [0.15, 0.2) is 0 Å². The van der Waals surface area contributed by atoms with Crippen molar-refractivity contribution in [3.63, 3.8) is 0 Å². The highest BCUT2D eigenvalue weighted by Crippen LogP contribution is 2.20. The first-order valence-corrected chi connectivity index (χ1v) is 7.25. The van der Waals surface area contributed by atoms with Crippen LogP contribution in [0.2, 0.25) is 0 Å². The summed E-state index contributed by atoms with van der Waals surface area (Å²) in [6.07, 6.45) is 1.64. The normalized spacial score (nSPS) is 10.5. The van der Waals surface area contributed by atoms with Gasteiger partial charge in [-0.15, -0.1) is 0 Å². The second kappa shape index (κ2) is 7.77. The number of nitrogens with one attached hydrogen (secondary N) is 2. The summed E-state index contributed by atoms with van der Waals surface area (Å²) in [6, 6.07) is 10.4. The van der Waals surface area contributed by atoms with Gasteiger partial charge in [0.2, 0.25) is 5.91 Å². The average Bonchev–Trinajstić information content (AvgIpc) is 2.57. The first kappa shape index (κ1) is 17.0. The van der Waals surface area contributed by atoms with Crippen molar-refractivity contribution in [1.29, 1.82) is 0 Å². The van der Waals surface area contributed by atoms with Crippen LogP contribution in [0.4, 0.5) is 5.69 Å². The smallest absolute Gasteiger partial charge is 0.271 e. The molecule has 0 saturated carbocycles. The molecule has 0 radical (unpaired) electrons. The molecule has 7 heteroatoms. The quantitative estimate of drug-likeness (QED) is 0.498. The molecule has 0 aliphatic rings. The molecule has 0 aromatic heterocycles. The zero-order chi connectivity index (χ0) is 17.5. The summed E-state index contributed by atoms with van der Waals surface area (Å²) in [5, 5.41) is 25.2. The second-order valence-electron chi connectivity index (χ2n) is 4.92.